The Labute approximate surface area is 110 Å². The molecule has 1 aromatic carbocycles. The van der Waals surface area contributed by atoms with Gasteiger partial charge in [-0.3, -0.25) is 0 Å². The van der Waals surface area contributed by atoms with Crippen LogP contribution in [0, 0.1) is 23.1 Å². The third kappa shape index (κ3) is 3.19. The van der Waals surface area contributed by atoms with Crippen molar-refractivity contribution in [1.82, 2.24) is 0 Å². The van der Waals surface area contributed by atoms with Crippen LogP contribution in [-0.2, 0) is 0 Å². The topological polar surface area (TPSA) is 35.8 Å². The molecular formula is C13H16BrFN2. The van der Waals surface area contributed by atoms with E-state index >= 15 is 0 Å². The summed E-state index contributed by atoms with van der Waals surface area (Å²) in [5.41, 5.74) is 0.743. The Kier molecular flexibility index (Phi) is 4.95. The molecule has 0 bridgehead atoms. The fourth-order valence-electron chi connectivity index (χ4n) is 1.49. The van der Waals surface area contributed by atoms with Crippen molar-refractivity contribution in [3.05, 3.63) is 28.0 Å². The zero-order valence-corrected chi connectivity index (χ0v) is 11.8. The number of nitrogens with zero attached hydrogens (tertiary/aromatic N) is 1. The van der Waals surface area contributed by atoms with Gasteiger partial charge in [0.1, 0.15) is 6.07 Å². The molecule has 0 aliphatic heterocycles. The lowest BCUT2D eigenvalue weighted by Gasteiger charge is -2.21. The van der Waals surface area contributed by atoms with Gasteiger partial charge in [-0.05, 0) is 40.9 Å². The van der Waals surface area contributed by atoms with Crippen LogP contribution in [0.5, 0.6) is 0 Å². The Balaban J connectivity index is 2.94. The quantitative estimate of drug-likeness (QED) is 0.899. The third-order valence-corrected chi connectivity index (χ3v) is 3.86. The number of halogens is 2. The van der Waals surface area contributed by atoms with Gasteiger partial charge in [-0.15, -0.1) is 0 Å². The fourth-order valence-corrected chi connectivity index (χ4v) is 1.92. The molecule has 0 aliphatic carbocycles. The Morgan fingerprint density at radius 2 is 2.12 bits per heavy atom. The van der Waals surface area contributed by atoms with E-state index in [2.05, 4.69) is 35.1 Å². The molecule has 2 unspecified atom stereocenters. The Hall–Kier alpha value is -1.08. The van der Waals surface area contributed by atoms with Crippen LogP contribution < -0.4 is 5.32 Å². The molecule has 2 nitrogen and oxygen atoms in total. The Morgan fingerprint density at radius 1 is 1.47 bits per heavy atom. The van der Waals surface area contributed by atoms with E-state index in [0.717, 1.165) is 6.42 Å². The number of anilines is 1. The SMILES string of the molecule is CCC(C)C(C)Nc1ccc(C#N)c(Br)c1F. The van der Waals surface area contributed by atoms with Crippen molar-refractivity contribution in [1.29, 1.82) is 5.26 Å². The zero-order valence-electron chi connectivity index (χ0n) is 10.2. The molecule has 0 saturated carbocycles. The Morgan fingerprint density at radius 3 is 2.65 bits per heavy atom. The second-order valence-electron chi connectivity index (χ2n) is 4.22. The monoisotopic (exact) mass is 298 g/mol. The van der Waals surface area contributed by atoms with Crippen molar-refractivity contribution in [3.8, 4) is 6.07 Å². The summed E-state index contributed by atoms with van der Waals surface area (Å²) < 4.78 is 14.1. The molecule has 1 rings (SSSR count). The van der Waals surface area contributed by atoms with Crippen LogP contribution in [-0.4, -0.2) is 6.04 Å². The minimum absolute atomic E-state index is 0.189. The van der Waals surface area contributed by atoms with E-state index in [1.54, 1.807) is 12.1 Å². The van der Waals surface area contributed by atoms with Crippen molar-refractivity contribution in [2.45, 2.75) is 33.2 Å². The van der Waals surface area contributed by atoms with Crippen molar-refractivity contribution in [2.75, 3.05) is 5.32 Å². The summed E-state index contributed by atoms with van der Waals surface area (Å²) >= 11 is 3.10. The number of nitriles is 1. The van der Waals surface area contributed by atoms with Gasteiger partial charge in [0.15, 0.2) is 5.82 Å². The zero-order chi connectivity index (χ0) is 13.0. The highest BCUT2D eigenvalue weighted by molar-refractivity contribution is 9.10. The minimum Gasteiger partial charge on any atom is -0.380 e. The molecule has 2 atom stereocenters. The first kappa shape index (κ1) is 14.0. The number of benzene rings is 1. The predicted octanol–water partition coefficient (Wildman–Crippen LogP) is 4.31. The van der Waals surface area contributed by atoms with Crippen molar-refractivity contribution in [3.63, 3.8) is 0 Å². The highest BCUT2D eigenvalue weighted by atomic mass is 79.9. The summed E-state index contributed by atoms with van der Waals surface area (Å²) in [6.45, 7) is 6.25. The molecule has 17 heavy (non-hydrogen) atoms. The first-order valence-electron chi connectivity index (χ1n) is 5.65. The van der Waals surface area contributed by atoms with Crippen molar-refractivity contribution < 1.29 is 4.39 Å². The smallest absolute Gasteiger partial charge is 0.161 e. The molecule has 0 aromatic heterocycles. The highest BCUT2D eigenvalue weighted by Crippen LogP contribution is 2.27. The molecule has 0 amide bonds. The van der Waals surface area contributed by atoms with Crippen LogP contribution in [0.4, 0.5) is 10.1 Å². The molecule has 4 heteroatoms. The van der Waals surface area contributed by atoms with Crippen molar-refractivity contribution in [2.24, 2.45) is 5.92 Å². The van der Waals surface area contributed by atoms with Crippen LogP contribution in [0.1, 0.15) is 32.8 Å². The lowest BCUT2D eigenvalue weighted by atomic mass is 10.0. The summed E-state index contributed by atoms with van der Waals surface area (Å²) in [7, 11) is 0. The van der Waals surface area contributed by atoms with Gasteiger partial charge in [-0.25, -0.2) is 4.39 Å². The molecule has 0 fully saturated rings. The maximum Gasteiger partial charge on any atom is 0.161 e. The van der Waals surface area contributed by atoms with Gasteiger partial charge in [-0.1, -0.05) is 20.3 Å². The molecule has 0 heterocycles. The van der Waals surface area contributed by atoms with Gasteiger partial charge in [0.2, 0.25) is 0 Å². The number of hydrogen-bond donors (Lipinski definition) is 1. The summed E-state index contributed by atoms with van der Waals surface area (Å²) in [5.74, 6) is 0.0584. The average molecular weight is 299 g/mol. The van der Waals surface area contributed by atoms with E-state index < -0.39 is 5.82 Å². The first-order valence-corrected chi connectivity index (χ1v) is 6.45. The van der Waals surface area contributed by atoms with E-state index in [-0.39, 0.29) is 10.5 Å². The van der Waals surface area contributed by atoms with E-state index in [1.165, 1.54) is 0 Å². The normalized spacial score (nSPS) is 13.9. The average Bonchev–Trinajstić information content (AvgIpc) is 2.34. The van der Waals surface area contributed by atoms with Gasteiger partial charge in [-0.2, -0.15) is 5.26 Å². The fraction of sp³-hybridized carbons (Fsp3) is 0.462. The maximum atomic E-state index is 13.9. The summed E-state index contributed by atoms with van der Waals surface area (Å²) in [5, 5.41) is 11.9. The number of hydrogen-bond acceptors (Lipinski definition) is 2. The lowest BCUT2D eigenvalue weighted by Crippen LogP contribution is -2.23. The van der Waals surface area contributed by atoms with E-state index in [4.69, 9.17) is 5.26 Å². The predicted molar refractivity (Wildman–Crippen MR) is 71.4 cm³/mol. The van der Waals surface area contributed by atoms with Crippen LogP contribution >= 0.6 is 15.9 Å². The standard InChI is InChI=1S/C13H16BrFN2/c1-4-8(2)9(3)17-11-6-5-10(7-16)12(14)13(11)15/h5-6,8-9,17H,4H2,1-3H3. The molecule has 0 spiro atoms. The van der Waals surface area contributed by atoms with Crippen LogP contribution in [0.3, 0.4) is 0 Å². The summed E-state index contributed by atoms with van der Waals surface area (Å²) in [6.07, 6.45) is 1.03. The largest absolute Gasteiger partial charge is 0.380 e. The van der Waals surface area contributed by atoms with Gasteiger partial charge in [0.05, 0.1) is 15.7 Å². The van der Waals surface area contributed by atoms with E-state index in [1.807, 2.05) is 13.0 Å². The van der Waals surface area contributed by atoms with Crippen LogP contribution in [0.15, 0.2) is 16.6 Å². The van der Waals surface area contributed by atoms with E-state index in [0.29, 0.717) is 17.2 Å². The third-order valence-electron chi connectivity index (χ3n) is 3.08. The summed E-state index contributed by atoms with van der Waals surface area (Å²) in [4.78, 5) is 0. The lowest BCUT2D eigenvalue weighted by molar-refractivity contribution is 0.491. The highest BCUT2D eigenvalue weighted by Gasteiger charge is 2.15. The van der Waals surface area contributed by atoms with E-state index in [9.17, 15) is 4.39 Å². The van der Waals surface area contributed by atoms with Crippen LogP contribution in [0.25, 0.3) is 0 Å². The van der Waals surface area contributed by atoms with Crippen molar-refractivity contribution >= 4 is 21.6 Å². The summed E-state index contributed by atoms with van der Waals surface area (Å²) in [6, 6.07) is 5.34. The van der Waals surface area contributed by atoms with Gasteiger partial charge in [0.25, 0.3) is 0 Å². The number of nitrogens with one attached hydrogen (secondary N) is 1. The second kappa shape index (κ2) is 6.02. The second-order valence-corrected chi connectivity index (χ2v) is 5.01. The van der Waals surface area contributed by atoms with Gasteiger partial charge < -0.3 is 5.32 Å². The first-order chi connectivity index (χ1) is 8.01. The van der Waals surface area contributed by atoms with Gasteiger partial charge >= 0.3 is 0 Å². The Bertz CT molecular complexity index is 440. The maximum absolute atomic E-state index is 13.9. The molecule has 0 saturated heterocycles. The molecule has 92 valence electrons. The number of rotatable bonds is 4. The minimum atomic E-state index is -0.404. The molecule has 0 radical (unpaired) electrons. The molecule has 0 aliphatic rings. The molecular weight excluding hydrogens is 283 g/mol. The molecule has 1 aromatic rings. The molecule has 1 N–H and O–H groups in total. The van der Waals surface area contributed by atoms with Gasteiger partial charge in [0, 0.05) is 6.04 Å². The van der Waals surface area contributed by atoms with Crippen LogP contribution in [0.2, 0.25) is 0 Å².